The number of carboxylic acid groups (broad SMARTS) is 2. The van der Waals surface area contributed by atoms with Crippen LogP contribution in [0.15, 0.2) is 66.4 Å². The number of amides is 2. The van der Waals surface area contributed by atoms with Crippen LogP contribution in [0.1, 0.15) is 28.8 Å². The molecule has 0 aliphatic heterocycles. The van der Waals surface area contributed by atoms with E-state index in [1.165, 1.54) is 6.08 Å². The van der Waals surface area contributed by atoms with Crippen LogP contribution in [0.3, 0.4) is 0 Å². The zero-order valence-corrected chi connectivity index (χ0v) is 15.4. The Morgan fingerprint density at radius 3 is 2.03 bits per heavy atom. The van der Waals surface area contributed by atoms with Crippen molar-refractivity contribution >= 4 is 29.8 Å². The zero-order chi connectivity index (χ0) is 21.2. The summed E-state index contributed by atoms with van der Waals surface area (Å²) in [5.74, 6) is -3.92. The second-order valence-corrected chi connectivity index (χ2v) is 6.09. The van der Waals surface area contributed by atoms with Crippen molar-refractivity contribution in [2.75, 3.05) is 0 Å². The van der Waals surface area contributed by atoms with Gasteiger partial charge in [0, 0.05) is 12.0 Å². The number of carboxylic acids is 2. The van der Waals surface area contributed by atoms with E-state index in [0.29, 0.717) is 11.1 Å². The van der Waals surface area contributed by atoms with Crippen molar-refractivity contribution < 1.29 is 29.4 Å². The molecule has 150 valence electrons. The van der Waals surface area contributed by atoms with Crippen molar-refractivity contribution in [3.63, 3.8) is 0 Å². The molecule has 0 saturated heterocycles. The quantitative estimate of drug-likeness (QED) is 0.479. The van der Waals surface area contributed by atoms with Gasteiger partial charge in [0.25, 0.3) is 11.8 Å². The van der Waals surface area contributed by atoms with E-state index in [-0.39, 0.29) is 12.1 Å². The van der Waals surface area contributed by atoms with Gasteiger partial charge in [-0.15, -0.1) is 0 Å². The first-order chi connectivity index (χ1) is 13.9. The van der Waals surface area contributed by atoms with Gasteiger partial charge in [0.2, 0.25) is 0 Å². The molecule has 0 radical (unpaired) electrons. The lowest BCUT2D eigenvalue weighted by molar-refractivity contribution is -0.142. The molecule has 0 fully saturated rings. The molecule has 0 aliphatic carbocycles. The number of rotatable bonds is 9. The van der Waals surface area contributed by atoms with Crippen molar-refractivity contribution in [2.24, 2.45) is 0 Å². The number of nitrogens with one attached hydrogen (secondary N) is 2. The van der Waals surface area contributed by atoms with Crippen molar-refractivity contribution in [3.05, 3.63) is 77.5 Å². The van der Waals surface area contributed by atoms with Crippen LogP contribution >= 0.6 is 0 Å². The maximum absolute atomic E-state index is 12.7. The van der Waals surface area contributed by atoms with Gasteiger partial charge in [0.1, 0.15) is 11.7 Å². The molecular weight excluding hydrogens is 376 g/mol. The van der Waals surface area contributed by atoms with Crippen LogP contribution in [-0.2, 0) is 14.4 Å². The average molecular weight is 396 g/mol. The van der Waals surface area contributed by atoms with E-state index in [1.54, 1.807) is 60.7 Å². The van der Waals surface area contributed by atoms with Crippen LogP contribution in [0.2, 0.25) is 0 Å². The molecule has 0 bridgehead atoms. The second kappa shape index (κ2) is 10.4. The minimum atomic E-state index is -1.41. The Hall–Kier alpha value is -3.94. The third kappa shape index (κ3) is 6.94. The van der Waals surface area contributed by atoms with Gasteiger partial charge in [-0.05, 0) is 30.2 Å². The summed E-state index contributed by atoms with van der Waals surface area (Å²) in [5.41, 5.74) is 0.773. The van der Waals surface area contributed by atoms with Crippen LogP contribution in [0.4, 0.5) is 0 Å². The van der Waals surface area contributed by atoms with Gasteiger partial charge in [0.15, 0.2) is 0 Å². The van der Waals surface area contributed by atoms with Crippen molar-refractivity contribution in [2.45, 2.75) is 18.9 Å². The summed E-state index contributed by atoms with van der Waals surface area (Å²) in [6.45, 7) is 0. The molecule has 1 unspecified atom stereocenters. The highest BCUT2D eigenvalue weighted by atomic mass is 16.4. The molecular formula is C21H20N2O6. The summed E-state index contributed by atoms with van der Waals surface area (Å²) in [4.78, 5) is 47.2. The SMILES string of the molecule is O=C(O)CCC(NC(=O)/C(=C\c1ccccc1)NC(=O)c1ccccc1)C(=O)O. The Kier molecular flexibility index (Phi) is 7.67. The normalized spacial score (nSPS) is 11.9. The van der Waals surface area contributed by atoms with E-state index in [1.807, 2.05) is 0 Å². The first-order valence-electron chi connectivity index (χ1n) is 8.75. The fourth-order valence-corrected chi connectivity index (χ4v) is 2.42. The fraction of sp³-hybridized carbons (Fsp3) is 0.143. The Morgan fingerprint density at radius 2 is 1.48 bits per heavy atom. The Balaban J connectivity index is 2.25. The molecule has 2 aromatic carbocycles. The molecule has 8 heteroatoms. The van der Waals surface area contributed by atoms with E-state index in [9.17, 15) is 24.3 Å². The molecule has 0 heterocycles. The molecule has 2 rings (SSSR count). The van der Waals surface area contributed by atoms with Gasteiger partial charge in [0.05, 0.1) is 0 Å². The van der Waals surface area contributed by atoms with E-state index in [4.69, 9.17) is 5.11 Å². The lowest BCUT2D eigenvalue weighted by Gasteiger charge is -2.16. The monoisotopic (exact) mass is 396 g/mol. The van der Waals surface area contributed by atoms with Crippen molar-refractivity contribution in [1.82, 2.24) is 10.6 Å². The second-order valence-electron chi connectivity index (χ2n) is 6.09. The smallest absolute Gasteiger partial charge is 0.326 e. The van der Waals surface area contributed by atoms with Crippen LogP contribution in [-0.4, -0.2) is 40.0 Å². The number of carbonyl (C=O) groups excluding carboxylic acids is 2. The molecule has 0 spiro atoms. The van der Waals surface area contributed by atoms with Gasteiger partial charge >= 0.3 is 11.9 Å². The maximum atomic E-state index is 12.7. The van der Waals surface area contributed by atoms with Crippen molar-refractivity contribution in [1.29, 1.82) is 0 Å². The minimum absolute atomic E-state index is 0.161. The molecule has 0 saturated carbocycles. The van der Waals surface area contributed by atoms with Crippen molar-refractivity contribution in [3.8, 4) is 0 Å². The molecule has 2 aromatic rings. The molecule has 0 aromatic heterocycles. The van der Waals surface area contributed by atoms with Gasteiger partial charge in [-0.2, -0.15) is 0 Å². The third-order valence-corrected chi connectivity index (χ3v) is 3.89. The van der Waals surface area contributed by atoms with E-state index in [2.05, 4.69) is 10.6 Å². The lowest BCUT2D eigenvalue weighted by atomic mass is 10.1. The predicted molar refractivity (Wildman–Crippen MR) is 105 cm³/mol. The number of hydrogen-bond acceptors (Lipinski definition) is 4. The summed E-state index contributed by atoms with van der Waals surface area (Å²) in [6, 6.07) is 15.5. The molecule has 2 amide bonds. The highest BCUT2D eigenvalue weighted by Crippen LogP contribution is 2.08. The van der Waals surface area contributed by atoms with Crippen LogP contribution in [0.5, 0.6) is 0 Å². The molecule has 29 heavy (non-hydrogen) atoms. The highest BCUT2D eigenvalue weighted by molar-refractivity contribution is 6.06. The molecule has 0 aliphatic rings. The van der Waals surface area contributed by atoms with Crippen LogP contribution in [0.25, 0.3) is 6.08 Å². The molecule has 8 nitrogen and oxygen atoms in total. The minimum Gasteiger partial charge on any atom is -0.481 e. The van der Waals surface area contributed by atoms with Gasteiger partial charge in [-0.25, -0.2) is 4.79 Å². The number of carbonyl (C=O) groups is 4. The van der Waals surface area contributed by atoms with E-state index in [0.717, 1.165) is 0 Å². The topological polar surface area (TPSA) is 133 Å². The zero-order valence-electron chi connectivity index (χ0n) is 15.4. The van der Waals surface area contributed by atoms with Gasteiger partial charge in [-0.3, -0.25) is 14.4 Å². The molecule has 4 N–H and O–H groups in total. The summed E-state index contributed by atoms with van der Waals surface area (Å²) < 4.78 is 0. The first kappa shape index (κ1) is 21.4. The Morgan fingerprint density at radius 1 is 0.897 bits per heavy atom. The Bertz CT molecular complexity index is 909. The summed E-state index contributed by atoms with van der Waals surface area (Å²) in [5, 5.41) is 22.8. The fourth-order valence-electron chi connectivity index (χ4n) is 2.42. The van der Waals surface area contributed by atoms with Crippen LogP contribution in [0, 0.1) is 0 Å². The lowest BCUT2D eigenvalue weighted by Crippen LogP contribution is -2.44. The predicted octanol–water partition coefficient (Wildman–Crippen LogP) is 1.89. The van der Waals surface area contributed by atoms with E-state index >= 15 is 0 Å². The summed E-state index contributed by atoms with van der Waals surface area (Å²) >= 11 is 0. The van der Waals surface area contributed by atoms with E-state index < -0.39 is 36.2 Å². The number of benzene rings is 2. The largest absolute Gasteiger partial charge is 0.481 e. The van der Waals surface area contributed by atoms with Gasteiger partial charge < -0.3 is 20.8 Å². The highest BCUT2D eigenvalue weighted by Gasteiger charge is 2.23. The summed E-state index contributed by atoms with van der Waals surface area (Å²) in [7, 11) is 0. The average Bonchev–Trinajstić information content (AvgIpc) is 2.71. The first-order valence-corrected chi connectivity index (χ1v) is 8.75. The third-order valence-electron chi connectivity index (χ3n) is 3.89. The maximum Gasteiger partial charge on any atom is 0.326 e. The standard InChI is InChI=1S/C21H20N2O6/c24-18(25)12-11-16(21(28)29)22-20(27)17(13-14-7-3-1-4-8-14)23-19(26)15-9-5-2-6-10-15/h1-10,13,16H,11-12H2,(H,22,27)(H,23,26)(H,24,25)(H,28,29)/b17-13+. The number of aliphatic carboxylic acids is 2. The Labute approximate surface area is 166 Å². The van der Waals surface area contributed by atoms with Crippen LogP contribution < -0.4 is 10.6 Å². The number of hydrogen-bond donors (Lipinski definition) is 4. The molecule has 1 atom stereocenters. The van der Waals surface area contributed by atoms with Gasteiger partial charge in [-0.1, -0.05) is 48.5 Å². The summed E-state index contributed by atoms with van der Waals surface area (Å²) in [6.07, 6.45) is 0.694.